The van der Waals surface area contributed by atoms with E-state index in [1.165, 1.54) is 18.4 Å². The fourth-order valence-electron chi connectivity index (χ4n) is 1.92. The highest BCUT2D eigenvalue weighted by Crippen LogP contribution is 2.33. The Kier molecular flexibility index (Phi) is 3.04. The van der Waals surface area contributed by atoms with Gasteiger partial charge in [0.2, 0.25) is 0 Å². The molecule has 0 amide bonds. The summed E-state index contributed by atoms with van der Waals surface area (Å²) < 4.78 is 11.0. The van der Waals surface area contributed by atoms with E-state index in [9.17, 15) is 0 Å². The molecule has 1 aliphatic rings. The van der Waals surface area contributed by atoms with Crippen molar-refractivity contribution in [2.24, 2.45) is 0 Å². The van der Waals surface area contributed by atoms with Crippen LogP contribution in [0.2, 0.25) is 0 Å². The lowest BCUT2D eigenvalue weighted by atomic mass is 10.0. The lowest BCUT2D eigenvalue weighted by molar-refractivity contribution is 0.0136. The predicted octanol–water partition coefficient (Wildman–Crippen LogP) is 2.94. The summed E-state index contributed by atoms with van der Waals surface area (Å²) in [5, 5.41) is 0. The number of hydrogen-bond acceptors (Lipinski definition) is 2. The van der Waals surface area contributed by atoms with Gasteiger partial charge in [0.1, 0.15) is 5.75 Å². The van der Waals surface area contributed by atoms with Crippen LogP contribution in [0.5, 0.6) is 5.75 Å². The van der Waals surface area contributed by atoms with E-state index in [1.54, 1.807) is 7.11 Å². The van der Waals surface area contributed by atoms with Crippen molar-refractivity contribution >= 4 is 0 Å². The fraction of sp³-hybridized carbons (Fsp3) is 0.500. The molecule has 0 bridgehead atoms. The van der Waals surface area contributed by atoms with Crippen LogP contribution in [-0.4, -0.2) is 13.7 Å². The van der Waals surface area contributed by atoms with E-state index in [0.717, 1.165) is 18.8 Å². The molecule has 76 valence electrons. The van der Waals surface area contributed by atoms with Crippen LogP contribution >= 0.6 is 0 Å². The summed E-state index contributed by atoms with van der Waals surface area (Å²) in [6.45, 7) is 0.878. The molecule has 2 rings (SSSR count). The van der Waals surface area contributed by atoms with Crippen molar-refractivity contribution in [2.75, 3.05) is 13.7 Å². The minimum Gasteiger partial charge on any atom is -0.496 e. The molecule has 0 saturated carbocycles. The first kappa shape index (κ1) is 9.53. The van der Waals surface area contributed by atoms with Crippen molar-refractivity contribution in [1.82, 2.24) is 0 Å². The molecule has 1 aromatic carbocycles. The second kappa shape index (κ2) is 4.47. The molecule has 2 nitrogen and oxygen atoms in total. The average molecular weight is 192 g/mol. The lowest BCUT2D eigenvalue weighted by Gasteiger charge is -2.24. The van der Waals surface area contributed by atoms with Gasteiger partial charge in [0.25, 0.3) is 0 Å². The van der Waals surface area contributed by atoms with Gasteiger partial charge < -0.3 is 9.47 Å². The first-order valence-electron chi connectivity index (χ1n) is 5.16. The number of benzene rings is 1. The van der Waals surface area contributed by atoms with Crippen molar-refractivity contribution < 1.29 is 9.47 Å². The number of ether oxygens (including phenoxy) is 2. The Morgan fingerprint density at radius 1 is 1.29 bits per heavy atom. The highest BCUT2D eigenvalue weighted by molar-refractivity contribution is 5.35. The van der Waals surface area contributed by atoms with Gasteiger partial charge in [-0.05, 0) is 25.3 Å². The number of hydrogen-bond donors (Lipinski definition) is 0. The number of para-hydroxylation sites is 1. The van der Waals surface area contributed by atoms with Crippen LogP contribution in [0.15, 0.2) is 24.3 Å². The zero-order valence-corrected chi connectivity index (χ0v) is 8.53. The molecule has 1 heterocycles. The van der Waals surface area contributed by atoms with Gasteiger partial charge in [0.05, 0.1) is 13.2 Å². The van der Waals surface area contributed by atoms with Gasteiger partial charge in [-0.1, -0.05) is 18.2 Å². The van der Waals surface area contributed by atoms with Gasteiger partial charge in [-0.2, -0.15) is 0 Å². The third kappa shape index (κ3) is 1.90. The molecule has 0 N–H and O–H groups in total. The van der Waals surface area contributed by atoms with E-state index < -0.39 is 0 Å². The largest absolute Gasteiger partial charge is 0.496 e. The third-order valence-corrected chi connectivity index (χ3v) is 2.67. The lowest BCUT2D eigenvalue weighted by Crippen LogP contribution is -2.12. The van der Waals surface area contributed by atoms with E-state index >= 15 is 0 Å². The van der Waals surface area contributed by atoms with E-state index in [2.05, 4.69) is 6.07 Å². The van der Waals surface area contributed by atoms with E-state index in [-0.39, 0.29) is 6.10 Å². The quantitative estimate of drug-likeness (QED) is 0.717. The average Bonchev–Trinajstić information content (AvgIpc) is 2.30. The summed E-state index contributed by atoms with van der Waals surface area (Å²) in [5.41, 5.74) is 1.19. The first-order valence-corrected chi connectivity index (χ1v) is 5.16. The molecular formula is C12H16O2. The summed E-state index contributed by atoms with van der Waals surface area (Å²) in [4.78, 5) is 0. The van der Waals surface area contributed by atoms with Gasteiger partial charge in [-0.25, -0.2) is 0 Å². The standard InChI is InChI=1S/C12H16O2/c1-13-11-7-3-2-6-10(11)12-8-4-5-9-14-12/h2-3,6-7,12H,4-5,8-9H2,1H3/t12-/m1/s1. The number of methoxy groups -OCH3 is 1. The van der Waals surface area contributed by atoms with Crippen LogP contribution in [-0.2, 0) is 4.74 Å². The monoisotopic (exact) mass is 192 g/mol. The zero-order chi connectivity index (χ0) is 9.80. The molecule has 1 saturated heterocycles. The SMILES string of the molecule is COc1ccccc1[C@H]1CCCCO1. The van der Waals surface area contributed by atoms with Crippen LogP contribution in [0.4, 0.5) is 0 Å². The molecule has 0 aromatic heterocycles. The maximum atomic E-state index is 5.73. The Morgan fingerprint density at radius 2 is 2.14 bits per heavy atom. The van der Waals surface area contributed by atoms with Crippen LogP contribution in [0, 0.1) is 0 Å². The third-order valence-electron chi connectivity index (χ3n) is 2.67. The Morgan fingerprint density at radius 3 is 2.86 bits per heavy atom. The molecule has 1 fully saturated rings. The van der Waals surface area contributed by atoms with E-state index in [1.807, 2.05) is 18.2 Å². The van der Waals surface area contributed by atoms with Crippen molar-refractivity contribution in [3.63, 3.8) is 0 Å². The molecule has 2 heteroatoms. The predicted molar refractivity (Wildman–Crippen MR) is 55.5 cm³/mol. The van der Waals surface area contributed by atoms with Crippen LogP contribution in [0.1, 0.15) is 30.9 Å². The van der Waals surface area contributed by atoms with Crippen molar-refractivity contribution in [1.29, 1.82) is 0 Å². The normalized spacial score (nSPS) is 21.9. The second-order valence-electron chi connectivity index (χ2n) is 3.60. The van der Waals surface area contributed by atoms with Crippen molar-refractivity contribution in [3.05, 3.63) is 29.8 Å². The smallest absolute Gasteiger partial charge is 0.124 e. The van der Waals surface area contributed by atoms with Gasteiger partial charge in [-0.15, -0.1) is 0 Å². The second-order valence-corrected chi connectivity index (χ2v) is 3.60. The van der Waals surface area contributed by atoms with Crippen LogP contribution in [0.25, 0.3) is 0 Å². The molecule has 1 aliphatic heterocycles. The maximum Gasteiger partial charge on any atom is 0.124 e. The molecule has 0 spiro atoms. The summed E-state index contributed by atoms with van der Waals surface area (Å²) in [5.74, 6) is 0.944. The van der Waals surface area contributed by atoms with Gasteiger partial charge in [0, 0.05) is 12.2 Å². The molecule has 14 heavy (non-hydrogen) atoms. The van der Waals surface area contributed by atoms with Gasteiger partial charge >= 0.3 is 0 Å². The van der Waals surface area contributed by atoms with Crippen LogP contribution < -0.4 is 4.74 Å². The summed E-state index contributed by atoms with van der Waals surface area (Å²) >= 11 is 0. The first-order chi connectivity index (χ1) is 6.92. The Labute approximate surface area is 84.8 Å². The van der Waals surface area contributed by atoms with E-state index in [4.69, 9.17) is 9.47 Å². The minimum absolute atomic E-state index is 0.236. The fourth-order valence-corrected chi connectivity index (χ4v) is 1.92. The van der Waals surface area contributed by atoms with Crippen molar-refractivity contribution in [2.45, 2.75) is 25.4 Å². The van der Waals surface area contributed by atoms with Crippen molar-refractivity contribution in [3.8, 4) is 5.75 Å². The molecular weight excluding hydrogens is 176 g/mol. The molecule has 0 radical (unpaired) electrons. The minimum atomic E-state index is 0.236. The van der Waals surface area contributed by atoms with Gasteiger partial charge in [0.15, 0.2) is 0 Å². The molecule has 1 aromatic rings. The zero-order valence-electron chi connectivity index (χ0n) is 8.53. The topological polar surface area (TPSA) is 18.5 Å². The van der Waals surface area contributed by atoms with Gasteiger partial charge in [-0.3, -0.25) is 0 Å². The molecule has 1 atom stereocenters. The Hall–Kier alpha value is -1.02. The maximum absolute atomic E-state index is 5.73. The number of rotatable bonds is 2. The van der Waals surface area contributed by atoms with Crippen LogP contribution in [0.3, 0.4) is 0 Å². The van der Waals surface area contributed by atoms with E-state index in [0.29, 0.717) is 0 Å². The molecule has 0 aliphatic carbocycles. The molecule has 0 unspecified atom stereocenters. The summed E-state index contributed by atoms with van der Waals surface area (Å²) in [6.07, 6.45) is 3.79. The summed E-state index contributed by atoms with van der Waals surface area (Å²) in [6, 6.07) is 8.11. The summed E-state index contributed by atoms with van der Waals surface area (Å²) in [7, 11) is 1.71. The highest BCUT2D eigenvalue weighted by atomic mass is 16.5. The highest BCUT2D eigenvalue weighted by Gasteiger charge is 2.18. The Bertz CT molecular complexity index is 290. The Balaban J connectivity index is 2.20.